The van der Waals surface area contributed by atoms with Crippen LogP contribution in [-0.2, 0) is 13.1 Å². The minimum Gasteiger partial charge on any atom is -0.311 e. The number of likely N-dealkylation sites (tertiary alicyclic amines) is 1. The lowest BCUT2D eigenvalue weighted by atomic mass is 10.1. The van der Waals surface area contributed by atoms with Crippen molar-refractivity contribution in [1.82, 2.24) is 15.2 Å². The Bertz CT molecular complexity index is 345. The van der Waals surface area contributed by atoms with Gasteiger partial charge in [0, 0.05) is 13.1 Å². The van der Waals surface area contributed by atoms with Crippen molar-refractivity contribution in [2.45, 2.75) is 45.7 Å². The predicted octanol–water partition coefficient (Wildman–Crippen LogP) is 2.57. The number of rotatable bonds is 6. The molecule has 0 spiro atoms. The number of aromatic nitrogens is 1. The van der Waals surface area contributed by atoms with Gasteiger partial charge in [0.15, 0.2) is 0 Å². The Morgan fingerprint density at radius 1 is 1.17 bits per heavy atom. The molecule has 0 bridgehead atoms. The van der Waals surface area contributed by atoms with E-state index in [4.69, 9.17) is 4.98 Å². The maximum atomic E-state index is 4.73. The van der Waals surface area contributed by atoms with E-state index in [-0.39, 0.29) is 0 Å². The summed E-state index contributed by atoms with van der Waals surface area (Å²) in [4.78, 5) is 7.26. The van der Waals surface area contributed by atoms with E-state index in [1.807, 2.05) is 0 Å². The number of hydrogen-bond acceptors (Lipinski definition) is 3. The molecule has 3 nitrogen and oxygen atoms in total. The van der Waals surface area contributed by atoms with E-state index in [2.05, 4.69) is 35.3 Å². The van der Waals surface area contributed by atoms with E-state index in [1.54, 1.807) is 0 Å². The third-order valence-corrected chi connectivity index (χ3v) is 3.43. The molecule has 1 fully saturated rings. The molecule has 0 aliphatic carbocycles. The van der Waals surface area contributed by atoms with Crippen molar-refractivity contribution in [1.29, 1.82) is 0 Å². The fourth-order valence-corrected chi connectivity index (χ4v) is 2.46. The van der Waals surface area contributed by atoms with Gasteiger partial charge in [0.25, 0.3) is 0 Å². The topological polar surface area (TPSA) is 28.2 Å². The molecule has 0 unspecified atom stereocenters. The minimum atomic E-state index is 0.891. The van der Waals surface area contributed by atoms with E-state index < -0.39 is 0 Å². The van der Waals surface area contributed by atoms with Gasteiger partial charge in [-0.2, -0.15) is 0 Å². The third kappa shape index (κ3) is 4.39. The molecule has 3 heteroatoms. The molecule has 1 saturated heterocycles. The van der Waals surface area contributed by atoms with Crippen molar-refractivity contribution in [3.05, 3.63) is 29.6 Å². The predicted molar refractivity (Wildman–Crippen MR) is 75.4 cm³/mol. The normalized spacial score (nSPS) is 16.9. The van der Waals surface area contributed by atoms with Crippen molar-refractivity contribution in [3.8, 4) is 0 Å². The van der Waals surface area contributed by atoms with E-state index in [1.165, 1.54) is 44.5 Å². The first-order valence-electron chi connectivity index (χ1n) is 7.26. The van der Waals surface area contributed by atoms with Crippen molar-refractivity contribution >= 4 is 0 Å². The van der Waals surface area contributed by atoms with Crippen LogP contribution in [0.1, 0.15) is 44.0 Å². The van der Waals surface area contributed by atoms with Crippen molar-refractivity contribution in [2.24, 2.45) is 0 Å². The Kier molecular flexibility index (Phi) is 5.62. The Hall–Kier alpha value is -0.930. The Morgan fingerprint density at radius 3 is 2.72 bits per heavy atom. The van der Waals surface area contributed by atoms with Gasteiger partial charge in [-0.15, -0.1) is 0 Å². The van der Waals surface area contributed by atoms with Crippen molar-refractivity contribution < 1.29 is 0 Å². The molecular weight excluding hydrogens is 222 g/mol. The summed E-state index contributed by atoms with van der Waals surface area (Å²) in [5.74, 6) is 0. The van der Waals surface area contributed by atoms with Gasteiger partial charge < -0.3 is 5.32 Å². The molecule has 18 heavy (non-hydrogen) atoms. The van der Waals surface area contributed by atoms with Gasteiger partial charge in [-0.3, -0.25) is 9.88 Å². The lowest BCUT2D eigenvalue weighted by molar-refractivity contribution is 0.218. The lowest BCUT2D eigenvalue weighted by Gasteiger charge is -2.26. The molecule has 1 aromatic rings. The third-order valence-electron chi connectivity index (χ3n) is 3.43. The second-order valence-corrected chi connectivity index (χ2v) is 5.13. The van der Waals surface area contributed by atoms with Crippen LogP contribution in [0.2, 0.25) is 0 Å². The Morgan fingerprint density at radius 2 is 1.94 bits per heavy atom. The van der Waals surface area contributed by atoms with Crippen molar-refractivity contribution in [2.75, 3.05) is 19.6 Å². The van der Waals surface area contributed by atoms with E-state index >= 15 is 0 Å². The zero-order valence-corrected chi connectivity index (χ0v) is 11.5. The highest BCUT2D eigenvalue weighted by atomic mass is 15.1. The molecule has 2 heterocycles. The highest BCUT2D eigenvalue weighted by molar-refractivity contribution is 5.11. The standard InChI is InChI=1S/C15H25N3/c1-2-9-16-12-14-7-6-8-15(17-14)13-18-10-4-3-5-11-18/h6-8,16H,2-5,9-13H2,1H3. The average Bonchev–Trinajstić information content (AvgIpc) is 2.41. The molecule has 0 amide bonds. The largest absolute Gasteiger partial charge is 0.311 e. The number of pyridine rings is 1. The molecule has 0 radical (unpaired) electrons. The van der Waals surface area contributed by atoms with E-state index in [0.29, 0.717) is 0 Å². The van der Waals surface area contributed by atoms with Crippen LogP contribution in [0.15, 0.2) is 18.2 Å². The van der Waals surface area contributed by atoms with Crippen LogP contribution in [0.4, 0.5) is 0 Å². The number of piperidine rings is 1. The van der Waals surface area contributed by atoms with Crippen LogP contribution in [0.5, 0.6) is 0 Å². The molecule has 1 aromatic heterocycles. The number of nitrogens with zero attached hydrogens (tertiary/aromatic N) is 2. The first kappa shape index (κ1) is 13.5. The fourth-order valence-electron chi connectivity index (χ4n) is 2.46. The molecule has 1 aliphatic heterocycles. The summed E-state index contributed by atoms with van der Waals surface area (Å²) in [6.45, 7) is 7.63. The molecule has 0 aromatic carbocycles. The summed E-state index contributed by atoms with van der Waals surface area (Å²) in [6, 6.07) is 6.40. The molecular formula is C15H25N3. The summed E-state index contributed by atoms with van der Waals surface area (Å²) >= 11 is 0. The summed E-state index contributed by atoms with van der Waals surface area (Å²) in [5, 5.41) is 3.41. The average molecular weight is 247 g/mol. The SMILES string of the molecule is CCCNCc1cccc(CN2CCCCC2)n1. The smallest absolute Gasteiger partial charge is 0.0547 e. The fraction of sp³-hybridized carbons (Fsp3) is 0.667. The zero-order valence-electron chi connectivity index (χ0n) is 11.5. The summed E-state index contributed by atoms with van der Waals surface area (Å²) in [6.07, 6.45) is 5.26. The Balaban J connectivity index is 1.85. The number of nitrogens with one attached hydrogen (secondary N) is 1. The van der Waals surface area contributed by atoms with Gasteiger partial charge in [0.05, 0.1) is 11.4 Å². The summed E-state index contributed by atoms with van der Waals surface area (Å²) in [5.41, 5.74) is 2.38. The van der Waals surface area contributed by atoms with Crippen LogP contribution >= 0.6 is 0 Å². The first-order valence-corrected chi connectivity index (χ1v) is 7.26. The van der Waals surface area contributed by atoms with Crippen molar-refractivity contribution in [3.63, 3.8) is 0 Å². The van der Waals surface area contributed by atoms with Gasteiger partial charge in [-0.25, -0.2) is 0 Å². The van der Waals surface area contributed by atoms with Gasteiger partial charge >= 0.3 is 0 Å². The zero-order chi connectivity index (χ0) is 12.6. The lowest BCUT2D eigenvalue weighted by Crippen LogP contribution is -2.29. The second-order valence-electron chi connectivity index (χ2n) is 5.13. The summed E-state index contributed by atoms with van der Waals surface area (Å²) in [7, 11) is 0. The molecule has 0 saturated carbocycles. The maximum Gasteiger partial charge on any atom is 0.0547 e. The monoisotopic (exact) mass is 247 g/mol. The highest BCUT2D eigenvalue weighted by Gasteiger charge is 2.10. The first-order chi connectivity index (χ1) is 8.88. The van der Waals surface area contributed by atoms with E-state index in [0.717, 1.165) is 25.3 Å². The van der Waals surface area contributed by atoms with Gasteiger partial charge in [-0.05, 0) is 51.0 Å². The maximum absolute atomic E-state index is 4.73. The van der Waals surface area contributed by atoms with Gasteiger partial charge in [0.2, 0.25) is 0 Å². The Labute approximate surface area is 111 Å². The minimum absolute atomic E-state index is 0.891. The molecule has 1 aliphatic rings. The number of hydrogen-bond donors (Lipinski definition) is 1. The second kappa shape index (κ2) is 7.49. The van der Waals surface area contributed by atoms with Crippen LogP contribution in [0, 0.1) is 0 Å². The van der Waals surface area contributed by atoms with Crippen LogP contribution in [0.3, 0.4) is 0 Å². The quantitative estimate of drug-likeness (QED) is 0.783. The van der Waals surface area contributed by atoms with Crippen LogP contribution in [0.25, 0.3) is 0 Å². The molecule has 1 N–H and O–H groups in total. The van der Waals surface area contributed by atoms with E-state index in [9.17, 15) is 0 Å². The van der Waals surface area contributed by atoms with Gasteiger partial charge in [0.1, 0.15) is 0 Å². The van der Waals surface area contributed by atoms with Gasteiger partial charge in [-0.1, -0.05) is 19.4 Å². The summed E-state index contributed by atoms with van der Waals surface area (Å²) < 4.78 is 0. The highest BCUT2D eigenvalue weighted by Crippen LogP contribution is 2.12. The molecule has 100 valence electrons. The molecule has 2 rings (SSSR count). The molecule has 0 atom stereocenters. The van der Waals surface area contributed by atoms with Crippen LogP contribution in [-0.4, -0.2) is 29.5 Å². The van der Waals surface area contributed by atoms with Crippen LogP contribution < -0.4 is 5.32 Å².